The summed E-state index contributed by atoms with van der Waals surface area (Å²) in [4.78, 5) is 20.5. The van der Waals surface area contributed by atoms with E-state index in [1.807, 2.05) is 20.8 Å². The quantitative estimate of drug-likeness (QED) is 0.351. The van der Waals surface area contributed by atoms with E-state index in [0.29, 0.717) is 6.42 Å². The van der Waals surface area contributed by atoms with Crippen molar-refractivity contribution in [2.24, 2.45) is 0 Å². The summed E-state index contributed by atoms with van der Waals surface area (Å²) in [5, 5.41) is 4.41. The third-order valence-electron chi connectivity index (χ3n) is 2.15. The maximum Gasteiger partial charge on any atom is 0.345 e. The first-order chi connectivity index (χ1) is 7.95. The standard InChI is InChI=1S/C13H26O4/c1-5-6-7-8-9-10-11-12(14)15-17-16-13(2,3)4/h5-11H2,1-4H3. The molecular formula is C13H26O4. The van der Waals surface area contributed by atoms with Gasteiger partial charge in [-0.15, -0.1) is 0 Å². The summed E-state index contributed by atoms with van der Waals surface area (Å²) in [7, 11) is 0. The molecule has 0 aromatic heterocycles. The van der Waals surface area contributed by atoms with Crippen LogP contribution in [0.4, 0.5) is 0 Å². The van der Waals surface area contributed by atoms with E-state index >= 15 is 0 Å². The van der Waals surface area contributed by atoms with Crippen LogP contribution >= 0.6 is 0 Å². The Hall–Kier alpha value is -0.610. The molecule has 0 aromatic rings. The van der Waals surface area contributed by atoms with Crippen LogP contribution in [-0.2, 0) is 19.6 Å². The Kier molecular flexibility index (Phi) is 9.09. The molecule has 0 rings (SSSR count). The maximum atomic E-state index is 11.2. The lowest BCUT2D eigenvalue weighted by Crippen LogP contribution is -2.20. The fraction of sp³-hybridized carbons (Fsp3) is 0.923. The van der Waals surface area contributed by atoms with Gasteiger partial charge in [-0.2, -0.15) is 4.89 Å². The normalized spacial score (nSPS) is 11.5. The molecule has 0 unspecified atom stereocenters. The zero-order valence-electron chi connectivity index (χ0n) is 11.6. The second kappa shape index (κ2) is 9.42. The van der Waals surface area contributed by atoms with Gasteiger partial charge >= 0.3 is 5.97 Å². The van der Waals surface area contributed by atoms with Gasteiger partial charge in [0, 0.05) is 6.42 Å². The molecule has 0 saturated heterocycles. The lowest BCUT2D eigenvalue weighted by Gasteiger charge is -2.15. The Bertz CT molecular complexity index is 196. The van der Waals surface area contributed by atoms with Crippen LogP contribution in [0, 0.1) is 0 Å². The molecule has 0 aliphatic rings. The van der Waals surface area contributed by atoms with Crippen molar-refractivity contribution in [2.75, 3.05) is 0 Å². The van der Waals surface area contributed by atoms with Crippen LogP contribution in [-0.4, -0.2) is 11.6 Å². The summed E-state index contributed by atoms with van der Waals surface area (Å²) in [6.45, 7) is 7.63. The van der Waals surface area contributed by atoms with Gasteiger partial charge in [0.25, 0.3) is 0 Å². The Morgan fingerprint density at radius 2 is 1.59 bits per heavy atom. The zero-order chi connectivity index (χ0) is 13.1. The van der Waals surface area contributed by atoms with E-state index < -0.39 is 5.60 Å². The SMILES string of the molecule is CCCCCCCCC(=O)OOOC(C)(C)C. The van der Waals surface area contributed by atoms with Gasteiger partial charge in [0.2, 0.25) is 0 Å². The summed E-state index contributed by atoms with van der Waals surface area (Å²) in [5.41, 5.74) is -0.472. The molecule has 0 radical (unpaired) electrons. The average Bonchev–Trinajstić information content (AvgIpc) is 2.21. The second-order valence-electron chi connectivity index (χ2n) is 5.24. The summed E-state index contributed by atoms with van der Waals surface area (Å²) < 4.78 is 0. The van der Waals surface area contributed by atoms with Crippen molar-refractivity contribution in [1.29, 1.82) is 0 Å². The highest BCUT2D eigenvalue weighted by molar-refractivity contribution is 5.68. The highest BCUT2D eigenvalue weighted by Crippen LogP contribution is 2.09. The van der Waals surface area contributed by atoms with Crippen LogP contribution in [0.5, 0.6) is 0 Å². The topological polar surface area (TPSA) is 44.8 Å². The van der Waals surface area contributed by atoms with Crippen LogP contribution in [0.3, 0.4) is 0 Å². The highest BCUT2D eigenvalue weighted by atomic mass is 17.5. The lowest BCUT2D eigenvalue weighted by molar-refractivity contribution is -0.514. The van der Waals surface area contributed by atoms with Crippen LogP contribution < -0.4 is 0 Å². The van der Waals surface area contributed by atoms with E-state index in [1.54, 1.807) is 0 Å². The fourth-order valence-electron chi connectivity index (χ4n) is 1.25. The molecule has 0 N–H and O–H groups in total. The third-order valence-corrected chi connectivity index (χ3v) is 2.15. The first-order valence-electron chi connectivity index (χ1n) is 6.51. The predicted molar refractivity (Wildman–Crippen MR) is 66.0 cm³/mol. The van der Waals surface area contributed by atoms with Crippen LogP contribution in [0.15, 0.2) is 0 Å². The van der Waals surface area contributed by atoms with E-state index in [1.165, 1.54) is 25.7 Å². The molecule has 102 valence electrons. The molecule has 0 aliphatic heterocycles. The van der Waals surface area contributed by atoms with Gasteiger partial charge in [0.15, 0.2) is 0 Å². The molecule has 0 amide bonds. The van der Waals surface area contributed by atoms with Crippen molar-refractivity contribution in [1.82, 2.24) is 0 Å². The minimum atomic E-state index is -0.472. The molecule has 0 spiro atoms. The first-order valence-corrected chi connectivity index (χ1v) is 6.51. The van der Waals surface area contributed by atoms with Gasteiger partial charge in [-0.3, -0.25) is 4.89 Å². The van der Waals surface area contributed by atoms with E-state index in [-0.39, 0.29) is 5.97 Å². The summed E-state index contributed by atoms with van der Waals surface area (Å²) in [6, 6.07) is 0. The van der Waals surface area contributed by atoms with Gasteiger partial charge in [-0.25, -0.2) is 4.79 Å². The molecule has 0 aliphatic carbocycles. The van der Waals surface area contributed by atoms with Crippen molar-refractivity contribution < 1.29 is 19.6 Å². The average molecular weight is 246 g/mol. The second-order valence-corrected chi connectivity index (χ2v) is 5.24. The summed E-state index contributed by atoms with van der Waals surface area (Å²) >= 11 is 0. The lowest BCUT2D eigenvalue weighted by atomic mass is 10.1. The Morgan fingerprint density at radius 3 is 2.18 bits per heavy atom. The molecule has 17 heavy (non-hydrogen) atoms. The molecular weight excluding hydrogens is 220 g/mol. The van der Waals surface area contributed by atoms with Crippen LogP contribution in [0.1, 0.15) is 72.6 Å². The Morgan fingerprint density at radius 1 is 1.00 bits per heavy atom. The monoisotopic (exact) mass is 246 g/mol. The first kappa shape index (κ1) is 16.4. The van der Waals surface area contributed by atoms with Crippen LogP contribution in [0.2, 0.25) is 0 Å². The van der Waals surface area contributed by atoms with E-state index in [9.17, 15) is 4.79 Å². The molecule has 0 bridgehead atoms. The van der Waals surface area contributed by atoms with E-state index in [4.69, 9.17) is 4.89 Å². The molecule has 4 heteroatoms. The number of carbonyl (C=O) groups excluding carboxylic acids is 1. The largest absolute Gasteiger partial charge is 0.345 e. The van der Waals surface area contributed by atoms with Crippen molar-refractivity contribution in [3.05, 3.63) is 0 Å². The zero-order valence-corrected chi connectivity index (χ0v) is 11.6. The van der Waals surface area contributed by atoms with Crippen LogP contribution in [0.25, 0.3) is 0 Å². The van der Waals surface area contributed by atoms with Gasteiger partial charge in [0.05, 0.1) is 5.60 Å². The minimum absolute atomic E-state index is 0.371. The summed E-state index contributed by atoms with van der Waals surface area (Å²) in [5.74, 6) is -0.371. The third kappa shape index (κ3) is 13.3. The van der Waals surface area contributed by atoms with Crippen molar-refractivity contribution >= 4 is 5.97 Å². The number of unbranched alkanes of at least 4 members (excludes halogenated alkanes) is 5. The predicted octanol–water partition coefficient (Wildman–Crippen LogP) is 3.94. The highest BCUT2D eigenvalue weighted by Gasteiger charge is 2.13. The van der Waals surface area contributed by atoms with Gasteiger partial charge in [0.1, 0.15) is 0 Å². The smallest absolute Gasteiger partial charge is 0.269 e. The van der Waals surface area contributed by atoms with Gasteiger partial charge in [-0.05, 0) is 32.2 Å². The summed E-state index contributed by atoms with van der Waals surface area (Å²) in [6.07, 6.45) is 7.24. The van der Waals surface area contributed by atoms with E-state index in [2.05, 4.69) is 16.8 Å². The molecule has 0 saturated carbocycles. The van der Waals surface area contributed by atoms with Crippen molar-refractivity contribution in [2.45, 2.75) is 78.2 Å². The molecule has 0 heterocycles. The number of hydrogen-bond donors (Lipinski definition) is 0. The number of rotatable bonds is 9. The van der Waals surface area contributed by atoms with Crippen molar-refractivity contribution in [3.8, 4) is 0 Å². The molecule has 0 atom stereocenters. The molecule has 4 nitrogen and oxygen atoms in total. The van der Waals surface area contributed by atoms with Crippen molar-refractivity contribution in [3.63, 3.8) is 0 Å². The number of carbonyl (C=O) groups is 1. The minimum Gasteiger partial charge on any atom is -0.269 e. The maximum absolute atomic E-state index is 11.2. The molecule has 0 fully saturated rings. The van der Waals surface area contributed by atoms with Gasteiger partial charge in [-0.1, -0.05) is 39.0 Å². The van der Waals surface area contributed by atoms with Gasteiger partial charge < -0.3 is 0 Å². The van der Waals surface area contributed by atoms with E-state index in [0.717, 1.165) is 12.8 Å². The Labute approximate surface area is 104 Å². The molecule has 0 aromatic carbocycles. The number of hydrogen-bond acceptors (Lipinski definition) is 4. The fourth-order valence-corrected chi connectivity index (χ4v) is 1.25. The Balaban J connectivity index is 3.29.